The monoisotopic (exact) mass is 388 g/mol. The lowest BCUT2D eigenvalue weighted by atomic mass is 10.1. The van der Waals surface area contributed by atoms with E-state index in [2.05, 4.69) is 0 Å². The van der Waals surface area contributed by atoms with Gasteiger partial charge in [-0.25, -0.2) is 9.59 Å². The van der Waals surface area contributed by atoms with Crippen molar-refractivity contribution in [2.24, 2.45) is 0 Å². The van der Waals surface area contributed by atoms with Crippen LogP contribution in [-0.2, 0) is 4.74 Å². The Labute approximate surface area is 168 Å². The number of rotatable bonds is 6. The summed E-state index contributed by atoms with van der Waals surface area (Å²) in [6.45, 7) is 3.48. The Morgan fingerprint density at radius 1 is 0.621 bits per heavy atom. The van der Waals surface area contributed by atoms with Crippen molar-refractivity contribution >= 4 is 17.7 Å². The number of esters is 2. The van der Waals surface area contributed by atoms with Gasteiger partial charge in [0.2, 0.25) is 0 Å². The van der Waals surface area contributed by atoms with Gasteiger partial charge in [0.25, 0.3) is 0 Å². The van der Waals surface area contributed by atoms with E-state index in [1.807, 2.05) is 26.0 Å². The largest absolute Gasteiger partial charge is 0.454 e. The molecule has 5 heteroatoms. The molecule has 0 saturated carbocycles. The van der Waals surface area contributed by atoms with E-state index >= 15 is 0 Å². The summed E-state index contributed by atoms with van der Waals surface area (Å²) in [5, 5.41) is 0. The number of Topliss-reactive ketones (excluding diaryl/α,β-unsaturated/α-hetero) is 1. The van der Waals surface area contributed by atoms with E-state index in [1.54, 1.807) is 36.4 Å². The Hall–Kier alpha value is -3.73. The summed E-state index contributed by atoms with van der Waals surface area (Å²) in [5.74, 6) is -1.05. The molecule has 146 valence electrons. The first kappa shape index (κ1) is 20.0. The molecule has 0 aliphatic rings. The smallest absolute Gasteiger partial charge is 0.343 e. The van der Waals surface area contributed by atoms with Gasteiger partial charge < -0.3 is 9.47 Å². The van der Waals surface area contributed by atoms with Gasteiger partial charge in [-0.15, -0.1) is 0 Å². The molecule has 0 radical (unpaired) electrons. The minimum absolute atomic E-state index is 0.323. The molecule has 3 aromatic carbocycles. The molecule has 0 aromatic heterocycles. The van der Waals surface area contributed by atoms with Crippen molar-refractivity contribution in [3.05, 3.63) is 101 Å². The Balaban J connectivity index is 1.55. The lowest BCUT2D eigenvalue weighted by molar-refractivity contribution is 0.0474. The SMILES string of the molecule is Cc1ccc(C(=O)OCC(=O)c2ccc(OC(=O)c3ccc(C)cc3)cc2)cc1. The van der Waals surface area contributed by atoms with Crippen LogP contribution in [0.15, 0.2) is 72.8 Å². The Kier molecular flexibility index (Phi) is 6.19. The lowest BCUT2D eigenvalue weighted by Crippen LogP contribution is -2.14. The molecule has 29 heavy (non-hydrogen) atoms. The predicted molar refractivity (Wildman–Crippen MR) is 108 cm³/mol. The third-order valence-electron chi connectivity index (χ3n) is 4.30. The number of ketones is 1. The third-order valence-corrected chi connectivity index (χ3v) is 4.30. The number of benzene rings is 3. The van der Waals surface area contributed by atoms with Crippen molar-refractivity contribution in [1.82, 2.24) is 0 Å². The zero-order valence-electron chi connectivity index (χ0n) is 16.2. The second kappa shape index (κ2) is 8.97. The Morgan fingerprint density at radius 3 is 1.59 bits per heavy atom. The van der Waals surface area contributed by atoms with Crippen LogP contribution >= 0.6 is 0 Å². The van der Waals surface area contributed by atoms with Crippen molar-refractivity contribution in [3.8, 4) is 5.75 Å². The minimum Gasteiger partial charge on any atom is -0.454 e. The van der Waals surface area contributed by atoms with Crippen molar-refractivity contribution in [3.63, 3.8) is 0 Å². The molecule has 0 unspecified atom stereocenters. The molecule has 3 aromatic rings. The normalized spacial score (nSPS) is 10.3. The summed E-state index contributed by atoms with van der Waals surface area (Å²) in [6, 6.07) is 20.1. The molecule has 0 heterocycles. The van der Waals surface area contributed by atoms with Crippen LogP contribution < -0.4 is 4.74 Å². The van der Waals surface area contributed by atoms with Gasteiger partial charge in [0, 0.05) is 5.56 Å². The first-order chi connectivity index (χ1) is 13.9. The van der Waals surface area contributed by atoms with Crippen LogP contribution in [0, 0.1) is 13.8 Å². The van der Waals surface area contributed by atoms with Crippen LogP contribution in [0.2, 0.25) is 0 Å². The highest BCUT2D eigenvalue weighted by Crippen LogP contribution is 2.15. The van der Waals surface area contributed by atoms with Gasteiger partial charge in [-0.05, 0) is 62.4 Å². The summed E-state index contributed by atoms with van der Waals surface area (Å²) < 4.78 is 10.4. The molecule has 0 saturated heterocycles. The maximum absolute atomic E-state index is 12.2. The van der Waals surface area contributed by atoms with Crippen LogP contribution in [0.5, 0.6) is 5.75 Å². The fourth-order valence-electron chi connectivity index (χ4n) is 2.55. The van der Waals surface area contributed by atoms with Gasteiger partial charge in [0.1, 0.15) is 5.75 Å². The van der Waals surface area contributed by atoms with Crippen LogP contribution in [-0.4, -0.2) is 24.3 Å². The van der Waals surface area contributed by atoms with Crippen LogP contribution in [0.4, 0.5) is 0 Å². The van der Waals surface area contributed by atoms with Gasteiger partial charge in [-0.3, -0.25) is 4.79 Å². The average molecular weight is 388 g/mol. The lowest BCUT2D eigenvalue weighted by Gasteiger charge is -2.07. The summed E-state index contributed by atoms with van der Waals surface area (Å²) >= 11 is 0. The first-order valence-corrected chi connectivity index (χ1v) is 9.08. The maximum atomic E-state index is 12.2. The molecular formula is C24H20O5. The molecule has 0 aliphatic heterocycles. The van der Waals surface area contributed by atoms with E-state index in [0.29, 0.717) is 22.4 Å². The topological polar surface area (TPSA) is 69.7 Å². The molecule has 0 N–H and O–H groups in total. The van der Waals surface area contributed by atoms with Gasteiger partial charge in [-0.1, -0.05) is 35.4 Å². The number of ether oxygens (including phenoxy) is 2. The zero-order chi connectivity index (χ0) is 20.8. The number of carbonyl (C=O) groups is 3. The fraction of sp³-hybridized carbons (Fsp3) is 0.125. The van der Waals surface area contributed by atoms with Gasteiger partial charge >= 0.3 is 11.9 Å². The summed E-state index contributed by atoms with van der Waals surface area (Å²) in [7, 11) is 0. The average Bonchev–Trinajstić information content (AvgIpc) is 2.73. The first-order valence-electron chi connectivity index (χ1n) is 9.08. The highest BCUT2D eigenvalue weighted by molar-refractivity contribution is 5.99. The molecule has 3 rings (SSSR count). The molecule has 0 bridgehead atoms. The van der Waals surface area contributed by atoms with Crippen molar-refractivity contribution in [2.45, 2.75) is 13.8 Å². The van der Waals surface area contributed by atoms with Crippen molar-refractivity contribution in [1.29, 1.82) is 0 Å². The van der Waals surface area contributed by atoms with E-state index in [4.69, 9.17) is 9.47 Å². The van der Waals surface area contributed by atoms with E-state index < -0.39 is 11.9 Å². The second-order valence-corrected chi connectivity index (χ2v) is 6.65. The maximum Gasteiger partial charge on any atom is 0.343 e. The quantitative estimate of drug-likeness (QED) is 0.352. The van der Waals surface area contributed by atoms with E-state index in [-0.39, 0.29) is 12.4 Å². The molecule has 0 atom stereocenters. The molecular weight excluding hydrogens is 368 g/mol. The summed E-state index contributed by atoms with van der Waals surface area (Å²) in [6.07, 6.45) is 0. The van der Waals surface area contributed by atoms with Crippen LogP contribution in [0.3, 0.4) is 0 Å². The van der Waals surface area contributed by atoms with Crippen LogP contribution in [0.25, 0.3) is 0 Å². The van der Waals surface area contributed by atoms with Crippen LogP contribution in [0.1, 0.15) is 42.2 Å². The summed E-state index contributed by atoms with van der Waals surface area (Å²) in [5.41, 5.74) is 3.27. The third kappa shape index (κ3) is 5.39. The number of hydrogen-bond acceptors (Lipinski definition) is 5. The zero-order valence-corrected chi connectivity index (χ0v) is 16.2. The van der Waals surface area contributed by atoms with Gasteiger partial charge in [0.05, 0.1) is 11.1 Å². The van der Waals surface area contributed by atoms with Gasteiger partial charge in [0.15, 0.2) is 12.4 Å². The predicted octanol–water partition coefficient (Wildman–Crippen LogP) is 4.56. The second-order valence-electron chi connectivity index (χ2n) is 6.65. The Bertz CT molecular complexity index is 1020. The number of hydrogen-bond donors (Lipinski definition) is 0. The molecule has 0 aliphatic carbocycles. The highest BCUT2D eigenvalue weighted by atomic mass is 16.5. The fourth-order valence-corrected chi connectivity index (χ4v) is 2.55. The molecule has 0 fully saturated rings. The molecule has 0 amide bonds. The van der Waals surface area contributed by atoms with Crippen molar-refractivity contribution < 1.29 is 23.9 Å². The standard InChI is InChI=1S/C24H20O5/c1-16-3-7-19(8-4-16)23(26)28-15-22(25)18-11-13-21(14-12-18)29-24(27)20-9-5-17(2)6-10-20/h3-14H,15H2,1-2H3. The van der Waals surface area contributed by atoms with E-state index in [9.17, 15) is 14.4 Å². The minimum atomic E-state index is -0.554. The Morgan fingerprint density at radius 2 is 1.07 bits per heavy atom. The highest BCUT2D eigenvalue weighted by Gasteiger charge is 2.13. The number of carbonyl (C=O) groups excluding carboxylic acids is 3. The molecule has 5 nitrogen and oxygen atoms in total. The van der Waals surface area contributed by atoms with Gasteiger partial charge in [-0.2, -0.15) is 0 Å². The summed E-state index contributed by atoms with van der Waals surface area (Å²) in [4.78, 5) is 36.4. The van der Waals surface area contributed by atoms with Crippen molar-refractivity contribution in [2.75, 3.05) is 6.61 Å². The van der Waals surface area contributed by atoms with E-state index in [0.717, 1.165) is 11.1 Å². The number of aryl methyl sites for hydroxylation is 2. The van der Waals surface area contributed by atoms with E-state index in [1.165, 1.54) is 24.3 Å². The molecule has 0 spiro atoms.